The SMILES string of the molecule is COC(=O)CC(NC(=O)[C@H]1CCN[C@@H](C)C1)c1ccc(Br)cc1.Cl. The third-order valence-electron chi connectivity index (χ3n) is 4.18. The molecule has 1 aromatic rings. The molecule has 1 heterocycles. The van der Waals surface area contributed by atoms with Gasteiger partial charge in [0.25, 0.3) is 0 Å². The Morgan fingerprint density at radius 3 is 2.62 bits per heavy atom. The van der Waals surface area contributed by atoms with E-state index in [-0.39, 0.29) is 42.7 Å². The van der Waals surface area contributed by atoms with Crippen molar-refractivity contribution in [2.24, 2.45) is 5.92 Å². The minimum absolute atomic E-state index is 0. The second-order valence-electron chi connectivity index (χ2n) is 5.97. The number of halogens is 2. The quantitative estimate of drug-likeness (QED) is 0.720. The van der Waals surface area contributed by atoms with Gasteiger partial charge in [0, 0.05) is 16.4 Å². The number of ether oxygens (including phenoxy) is 1. The van der Waals surface area contributed by atoms with Gasteiger partial charge in [0.1, 0.15) is 0 Å². The van der Waals surface area contributed by atoms with Crippen molar-refractivity contribution < 1.29 is 14.3 Å². The molecule has 1 amide bonds. The van der Waals surface area contributed by atoms with E-state index in [1.807, 2.05) is 24.3 Å². The Balaban J connectivity index is 0.00000288. The molecule has 3 atom stereocenters. The van der Waals surface area contributed by atoms with Gasteiger partial charge in [-0.15, -0.1) is 12.4 Å². The summed E-state index contributed by atoms with van der Waals surface area (Å²) >= 11 is 3.39. The van der Waals surface area contributed by atoms with Crippen LogP contribution in [0.25, 0.3) is 0 Å². The van der Waals surface area contributed by atoms with Gasteiger partial charge in [-0.25, -0.2) is 0 Å². The molecule has 1 unspecified atom stereocenters. The Labute approximate surface area is 157 Å². The molecule has 1 aliphatic rings. The van der Waals surface area contributed by atoms with Crippen LogP contribution >= 0.6 is 28.3 Å². The van der Waals surface area contributed by atoms with E-state index >= 15 is 0 Å². The minimum atomic E-state index is -0.367. The van der Waals surface area contributed by atoms with Crippen LogP contribution in [-0.4, -0.2) is 31.6 Å². The summed E-state index contributed by atoms with van der Waals surface area (Å²) in [5, 5.41) is 6.37. The maximum atomic E-state index is 12.6. The minimum Gasteiger partial charge on any atom is -0.469 e. The van der Waals surface area contributed by atoms with Crippen LogP contribution in [0.15, 0.2) is 28.7 Å². The topological polar surface area (TPSA) is 67.4 Å². The van der Waals surface area contributed by atoms with Crippen LogP contribution in [0.2, 0.25) is 0 Å². The van der Waals surface area contributed by atoms with E-state index in [4.69, 9.17) is 4.74 Å². The molecule has 134 valence electrons. The summed E-state index contributed by atoms with van der Waals surface area (Å²) in [6, 6.07) is 7.59. The lowest BCUT2D eigenvalue weighted by Gasteiger charge is -2.29. The number of nitrogens with one attached hydrogen (secondary N) is 2. The van der Waals surface area contributed by atoms with E-state index in [2.05, 4.69) is 33.5 Å². The lowest BCUT2D eigenvalue weighted by molar-refractivity contribution is -0.141. The average molecular weight is 420 g/mol. The van der Waals surface area contributed by atoms with Crippen LogP contribution in [0, 0.1) is 5.92 Å². The van der Waals surface area contributed by atoms with E-state index in [0.29, 0.717) is 6.04 Å². The normalized spacial score (nSPS) is 21.3. The molecular weight excluding hydrogens is 396 g/mol. The van der Waals surface area contributed by atoms with E-state index in [0.717, 1.165) is 29.4 Å². The highest BCUT2D eigenvalue weighted by Gasteiger charge is 2.27. The highest BCUT2D eigenvalue weighted by Crippen LogP contribution is 2.23. The molecule has 0 saturated carbocycles. The average Bonchev–Trinajstić information content (AvgIpc) is 2.54. The van der Waals surface area contributed by atoms with Crippen LogP contribution in [0.3, 0.4) is 0 Å². The molecule has 2 rings (SSSR count). The molecule has 0 aromatic heterocycles. The van der Waals surface area contributed by atoms with Crippen molar-refractivity contribution >= 4 is 40.2 Å². The fourth-order valence-corrected chi connectivity index (χ4v) is 3.12. The molecule has 0 bridgehead atoms. The molecule has 7 heteroatoms. The number of amides is 1. The number of carbonyl (C=O) groups excluding carboxylic acids is 2. The van der Waals surface area contributed by atoms with E-state index < -0.39 is 0 Å². The molecule has 1 fully saturated rings. The molecule has 0 aliphatic carbocycles. The fraction of sp³-hybridized carbons (Fsp3) is 0.529. The van der Waals surface area contributed by atoms with E-state index in [1.165, 1.54) is 7.11 Å². The number of carbonyl (C=O) groups is 2. The predicted molar refractivity (Wildman–Crippen MR) is 99.1 cm³/mol. The fourth-order valence-electron chi connectivity index (χ4n) is 2.86. The van der Waals surface area contributed by atoms with Crippen molar-refractivity contribution in [2.45, 2.75) is 38.3 Å². The van der Waals surface area contributed by atoms with Crippen molar-refractivity contribution in [3.63, 3.8) is 0 Å². The third kappa shape index (κ3) is 6.07. The highest BCUT2D eigenvalue weighted by atomic mass is 79.9. The van der Waals surface area contributed by atoms with Gasteiger partial charge in [-0.2, -0.15) is 0 Å². The third-order valence-corrected chi connectivity index (χ3v) is 4.71. The Hall–Kier alpha value is -1.11. The summed E-state index contributed by atoms with van der Waals surface area (Å²) in [6.07, 6.45) is 1.77. The largest absolute Gasteiger partial charge is 0.469 e. The van der Waals surface area contributed by atoms with Crippen molar-refractivity contribution in [1.29, 1.82) is 0 Å². The van der Waals surface area contributed by atoms with Crippen molar-refractivity contribution in [3.05, 3.63) is 34.3 Å². The lowest BCUT2D eigenvalue weighted by atomic mass is 9.91. The first-order chi connectivity index (χ1) is 11.0. The Kier molecular flexibility index (Phi) is 8.73. The first-order valence-corrected chi connectivity index (χ1v) is 8.65. The van der Waals surface area contributed by atoms with Gasteiger partial charge in [-0.05, 0) is 44.0 Å². The molecule has 24 heavy (non-hydrogen) atoms. The number of piperidine rings is 1. The zero-order valence-electron chi connectivity index (χ0n) is 13.9. The Bertz CT molecular complexity index is 553. The van der Waals surface area contributed by atoms with Gasteiger partial charge < -0.3 is 15.4 Å². The molecule has 1 saturated heterocycles. The summed E-state index contributed by atoms with van der Waals surface area (Å²) in [6.45, 7) is 2.93. The summed E-state index contributed by atoms with van der Waals surface area (Å²) in [4.78, 5) is 24.2. The molecule has 1 aromatic carbocycles. The van der Waals surface area contributed by atoms with Crippen LogP contribution in [0.1, 0.15) is 37.8 Å². The van der Waals surface area contributed by atoms with E-state index in [1.54, 1.807) is 0 Å². The number of hydrogen-bond acceptors (Lipinski definition) is 4. The smallest absolute Gasteiger partial charge is 0.307 e. The first-order valence-electron chi connectivity index (χ1n) is 7.85. The van der Waals surface area contributed by atoms with Gasteiger partial charge in [0.05, 0.1) is 19.6 Å². The second kappa shape index (κ2) is 10.0. The van der Waals surface area contributed by atoms with Crippen LogP contribution in [0.5, 0.6) is 0 Å². The Morgan fingerprint density at radius 1 is 1.38 bits per heavy atom. The maximum absolute atomic E-state index is 12.6. The van der Waals surface area contributed by atoms with E-state index in [9.17, 15) is 9.59 Å². The second-order valence-corrected chi connectivity index (χ2v) is 6.89. The van der Waals surface area contributed by atoms with Gasteiger partial charge in [-0.3, -0.25) is 9.59 Å². The molecule has 1 aliphatic heterocycles. The van der Waals surface area contributed by atoms with Gasteiger partial charge in [0.2, 0.25) is 5.91 Å². The number of benzene rings is 1. The van der Waals surface area contributed by atoms with Gasteiger partial charge in [0.15, 0.2) is 0 Å². The summed E-state index contributed by atoms with van der Waals surface area (Å²) in [5.74, 6) is -0.339. The molecular formula is C17H24BrClN2O3. The van der Waals surface area contributed by atoms with Crippen molar-refractivity contribution in [2.75, 3.05) is 13.7 Å². The van der Waals surface area contributed by atoms with Gasteiger partial charge in [-0.1, -0.05) is 28.1 Å². The predicted octanol–water partition coefficient (Wildman–Crippen LogP) is 2.98. The number of hydrogen-bond donors (Lipinski definition) is 2. The highest BCUT2D eigenvalue weighted by molar-refractivity contribution is 9.10. The van der Waals surface area contributed by atoms with Crippen LogP contribution in [-0.2, 0) is 14.3 Å². The van der Waals surface area contributed by atoms with Crippen LogP contribution < -0.4 is 10.6 Å². The Morgan fingerprint density at radius 2 is 2.04 bits per heavy atom. The molecule has 2 N–H and O–H groups in total. The summed E-state index contributed by atoms with van der Waals surface area (Å²) in [5.41, 5.74) is 0.897. The zero-order chi connectivity index (χ0) is 16.8. The van der Waals surface area contributed by atoms with Crippen molar-refractivity contribution in [3.8, 4) is 0 Å². The number of methoxy groups -OCH3 is 1. The van der Waals surface area contributed by atoms with Crippen molar-refractivity contribution in [1.82, 2.24) is 10.6 Å². The van der Waals surface area contributed by atoms with Crippen LogP contribution in [0.4, 0.5) is 0 Å². The molecule has 0 spiro atoms. The number of rotatable bonds is 5. The summed E-state index contributed by atoms with van der Waals surface area (Å²) < 4.78 is 5.72. The monoisotopic (exact) mass is 418 g/mol. The maximum Gasteiger partial charge on any atom is 0.307 e. The molecule has 5 nitrogen and oxygen atoms in total. The van der Waals surface area contributed by atoms with Gasteiger partial charge >= 0.3 is 5.97 Å². The molecule has 0 radical (unpaired) electrons. The number of esters is 1. The first kappa shape index (κ1) is 20.9. The zero-order valence-corrected chi connectivity index (χ0v) is 16.3. The summed E-state index contributed by atoms with van der Waals surface area (Å²) in [7, 11) is 1.36. The lowest BCUT2D eigenvalue weighted by Crippen LogP contribution is -2.43. The standard InChI is InChI=1S/C17H23BrN2O3.ClH/c1-11-9-13(7-8-19-11)17(22)20-15(10-16(21)23-2)12-3-5-14(18)6-4-12;/h3-6,11,13,15,19H,7-10H2,1-2H3,(H,20,22);1H/t11-,13-,15?;/m0./s1.